The molecule has 5 nitrogen and oxygen atoms in total. The second-order valence-corrected chi connectivity index (χ2v) is 9.64. The van der Waals surface area contributed by atoms with Crippen LogP contribution in [0.2, 0.25) is 0 Å². The first-order valence-corrected chi connectivity index (χ1v) is 11.6. The zero-order chi connectivity index (χ0) is 21.7. The van der Waals surface area contributed by atoms with Crippen molar-refractivity contribution in [2.24, 2.45) is 0 Å². The van der Waals surface area contributed by atoms with Crippen LogP contribution in [-0.2, 0) is 10.3 Å². The summed E-state index contributed by atoms with van der Waals surface area (Å²) in [4.78, 5) is 2.73. The normalized spacial score (nSPS) is 29.8. The van der Waals surface area contributed by atoms with Crippen LogP contribution in [0.4, 0.5) is 5.69 Å². The van der Waals surface area contributed by atoms with Crippen LogP contribution in [0, 0.1) is 13.8 Å². The highest BCUT2D eigenvalue weighted by Gasteiger charge is 2.76. The predicted molar refractivity (Wildman–Crippen MR) is 123 cm³/mol. The van der Waals surface area contributed by atoms with Gasteiger partial charge in [-0.15, -0.1) is 0 Å². The maximum Gasteiger partial charge on any atom is 0.141 e. The predicted octanol–water partition coefficient (Wildman–Crippen LogP) is 5.15. The first kappa shape index (κ1) is 18.5. The zero-order valence-electron chi connectivity index (χ0n) is 18.7. The summed E-state index contributed by atoms with van der Waals surface area (Å²) >= 11 is 0. The summed E-state index contributed by atoms with van der Waals surface area (Å²) in [5.41, 5.74) is 8.23. The largest absolute Gasteiger partial charge is 0.499 e. The number of ether oxygens (including phenoxy) is 1. The van der Waals surface area contributed by atoms with Gasteiger partial charge in [0.2, 0.25) is 0 Å². The summed E-state index contributed by atoms with van der Waals surface area (Å²) in [5, 5.41) is 8.20. The van der Waals surface area contributed by atoms with Gasteiger partial charge in [0.05, 0.1) is 24.4 Å². The lowest BCUT2D eigenvalue weighted by Gasteiger charge is -2.50. The van der Waals surface area contributed by atoms with Gasteiger partial charge in [-0.25, -0.2) is 0 Å². The Morgan fingerprint density at radius 2 is 2.00 bits per heavy atom. The van der Waals surface area contributed by atoms with Gasteiger partial charge < -0.3 is 14.6 Å². The summed E-state index contributed by atoms with van der Waals surface area (Å²) in [7, 11) is 1.85. The number of anilines is 1. The van der Waals surface area contributed by atoms with Gasteiger partial charge >= 0.3 is 0 Å². The summed E-state index contributed by atoms with van der Waals surface area (Å²) in [6, 6.07) is 18.3. The molecule has 5 heteroatoms. The van der Waals surface area contributed by atoms with Gasteiger partial charge in [0.25, 0.3) is 0 Å². The van der Waals surface area contributed by atoms with Gasteiger partial charge in [0, 0.05) is 35.4 Å². The van der Waals surface area contributed by atoms with E-state index in [4.69, 9.17) is 9.26 Å². The van der Waals surface area contributed by atoms with Crippen molar-refractivity contribution in [3.05, 3.63) is 82.4 Å². The Labute approximate surface area is 188 Å². The highest BCUT2D eigenvalue weighted by Crippen LogP contribution is 2.71. The van der Waals surface area contributed by atoms with E-state index in [-0.39, 0.29) is 11.1 Å². The van der Waals surface area contributed by atoms with Crippen LogP contribution in [0.5, 0.6) is 0 Å². The van der Waals surface area contributed by atoms with Crippen molar-refractivity contribution in [1.82, 2.24) is 10.1 Å². The molecule has 1 saturated carbocycles. The van der Waals surface area contributed by atoms with E-state index in [1.54, 1.807) is 0 Å². The smallest absolute Gasteiger partial charge is 0.141 e. The van der Waals surface area contributed by atoms with Gasteiger partial charge in [-0.1, -0.05) is 41.6 Å². The molecule has 162 valence electrons. The standard InChI is InChI=1S/C27H27N3O2/c1-16-24(17(2)32-29-16)18-11-12-22-20(14-18)27(19-8-5-4-6-9-19)26(28-22)15-21(26)25(31-3)23-10-7-13-30(23)27/h4-6,8-9,11-12,14,23,28H,7,10,13,15H2,1-3H3/t23-,26?,27?/m0/s1. The quantitative estimate of drug-likeness (QED) is 0.629. The summed E-state index contributed by atoms with van der Waals surface area (Å²) < 4.78 is 11.5. The van der Waals surface area contributed by atoms with E-state index in [1.165, 1.54) is 40.1 Å². The number of benzene rings is 2. The molecule has 7 rings (SSSR count). The fraction of sp³-hybridized carbons (Fsp3) is 0.370. The third-order valence-electron chi connectivity index (χ3n) is 8.22. The van der Waals surface area contributed by atoms with Gasteiger partial charge in [-0.05, 0) is 49.9 Å². The second-order valence-electron chi connectivity index (χ2n) is 9.64. The number of fused-ring (bicyclic) bond motifs is 4. The van der Waals surface area contributed by atoms with E-state index < -0.39 is 0 Å². The SMILES string of the molecule is COC1=C2CC23Nc2ccc(-c4c(C)noc4C)cc2C3(c2ccccc2)N2CCC[C@@H]12. The lowest BCUT2D eigenvalue weighted by atomic mass is 9.72. The molecule has 1 aromatic heterocycles. The molecule has 3 aromatic rings. The lowest BCUT2D eigenvalue weighted by molar-refractivity contribution is 0.0636. The maximum absolute atomic E-state index is 6.03. The highest BCUT2D eigenvalue weighted by molar-refractivity contribution is 5.82. The molecule has 1 saturated heterocycles. The third-order valence-corrected chi connectivity index (χ3v) is 8.22. The summed E-state index contributed by atoms with van der Waals surface area (Å²) in [5.74, 6) is 2.06. The topological polar surface area (TPSA) is 50.5 Å². The zero-order valence-corrected chi connectivity index (χ0v) is 18.7. The Morgan fingerprint density at radius 1 is 1.16 bits per heavy atom. The molecule has 1 N–H and O–H groups in total. The molecular formula is C27H27N3O2. The molecule has 2 aromatic carbocycles. The van der Waals surface area contributed by atoms with Crippen molar-refractivity contribution in [3.63, 3.8) is 0 Å². The summed E-state index contributed by atoms with van der Waals surface area (Å²) in [6.45, 7) is 5.09. The van der Waals surface area contributed by atoms with E-state index in [2.05, 4.69) is 63.9 Å². The summed E-state index contributed by atoms with van der Waals surface area (Å²) in [6.07, 6.45) is 3.36. The van der Waals surface area contributed by atoms with Crippen LogP contribution in [0.3, 0.4) is 0 Å². The molecule has 0 radical (unpaired) electrons. The van der Waals surface area contributed by atoms with Gasteiger partial charge in [-0.2, -0.15) is 0 Å². The number of nitrogens with zero attached hydrogens (tertiary/aromatic N) is 2. The monoisotopic (exact) mass is 425 g/mol. The lowest BCUT2D eigenvalue weighted by Crippen LogP contribution is -2.60. The number of methoxy groups -OCH3 is 1. The van der Waals surface area contributed by atoms with E-state index in [1.807, 2.05) is 21.0 Å². The molecule has 32 heavy (non-hydrogen) atoms. The van der Waals surface area contributed by atoms with Crippen molar-refractivity contribution < 1.29 is 9.26 Å². The second kappa shape index (κ2) is 6.04. The number of nitrogens with one attached hydrogen (secondary N) is 1. The highest BCUT2D eigenvalue weighted by atomic mass is 16.5. The number of hydrogen-bond donors (Lipinski definition) is 1. The van der Waals surface area contributed by atoms with Crippen LogP contribution in [-0.4, -0.2) is 35.3 Å². The molecule has 4 aliphatic rings. The Hall–Kier alpha value is -3.05. The van der Waals surface area contributed by atoms with E-state index in [9.17, 15) is 0 Å². The molecule has 3 aliphatic heterocycles. The minimum Gasteiger partial charge on any atom is -0.499 e. The first-order chi connectivity index (χ1) is 15.6. The number of aryl methyl sites for hydroxylation is 2. The van der Waals surface area contributed by atoms with Gasteiger partial charge in [-0.3, -0.25) is 4.90 Å². The minimum absolute atomic E-state index is 0.139. The van der Waals surface area contributed by atoms with Crippen LogP contribution >= 0.6 is 0 Å². The Bertz CT molecular complexity index is 1270. The van der Waals surface area contributed by atoms with Crippen molar-refractivity contribution in [1.29, 1.82) is 0 Å². The van der Waals surface area contributed by atoms with Gasteiger partial charge in [0.1, 0.15) is 17.1 Å². The average Bonchev–Trinajstić information content (AvgIpc) is 3.09. The van der Waals surface area contributed by atoms with Crippen molar-refractivity contribution in [2.45, 2.75) is 50.2 Å². The third kappa shape index (κ3) is 1.97. The van der Waals surface area contributed by atoms with E-state index in [0.29, 0.717) is 6.04 Å². The molecule has 3 atom stereocenters. The van der Waals surface area contributed by atoms with Crippen LogP contribution in [0.15, 0.2) is 64.4 Å². The molecule has 4 heterocycles. The molecule has 1 aliphatic carbocycles. The molecule has 0 amide bonds. The van der Waals surface area contributed by atoms with Crippen molar-refractivity contribution in [2.75, 3.05) is 19.0 Å². The molecular weight excluding hydrogens is 398 g/mol. The fourth-order valence-electron chi connectivity index (χ4n) is 7.09. The van der Waals surface area contributed by atoms with Crippen LogP contribution < -0.4 is 5.32 Å². The Kier molecular flexibility index (Phi) is 3.50. The average molecular weight is 426 g/mol. The van der Waals surface area contributed by atoms with E-state index >= 15 is 0 Å². The first-order valence-electron chi connectivity index (χ1n) is 11.6. The molecule has 0 bridgehead atoms. The number of aromatic nitrogens is 1. The van der Waals surface area contributed by atoms with Crippen molar-refractivity contribution in [3.8, 4) is 11.1 Å². The number of rotatable bonds is 3. The minimum atomic E-state index is -0.239. The Balaban J connectivity index is 1.54. The fourth-order valence-corrected chi connectivity index (χ4v) is 7.09. The molecule has 1 spiro atoms. The maximum atomic E-state index is 6.03. The van der Waals surface area contributed by atoms with Crippen molar-refractivity contribution >= 4 is 5.69 Å². The van der Waals surface area contributed by atoms with Gasteiger partial charge in [0.15, 0.2) is 0 Å². The number of hydrogen-bond acceptors (Lipinski definition) is 5. The van der Waals surface area contributed by atoms with Crippen LogP contribution in [0.1, 0.15) is 41.8 Å². The molecule has 2 fully saturated rings. The van der Waals surface area contributed by atoms with Crippen LogP contribution in [0.25, 0.3) is 11.1 Å². The van der Waals surface area contributed by atoms with E-state index in [0.717, 1.165) is 36.4 Å². The Morgan fingerprint density at radius 3 is 2.75 bits per heavy atom. The molecule has 2 unspecified atom stereocenters.